The van der Waals surface area contributed by atoms with Gasteiger partial charge in [0.15, 0.2) is 0 Å². The van der Waals surface area contributed by atoms with Crippen LogP contribution in [0.15, 0.2) is 78.2 Å². The molecule has 3 heteroatoms. The lowest BCUT2D eigenvalue weighted by atomic mass is 10.0. The number of hydrogen-bond donors (Lipinski definition) is 0. The Balaban J connectivity index is 1.47. The molecule has 4 aromatic rings. The fourth-order valence-electron chi connectivity index (χ4n) is 2.95. The topological polar surface area (TPSA) is 9.23 Å². The van der Waals surface area contributed by atoms with Gasteiger partial charge in [0.25, 0.3) is 0 Å². The average Bonchev–Trinajstić information content (AvgIpc) is 3.41. The predicted molar refractivity (Wildman–Crippen MR) is 119 cm³/mol. The van der Waals surface area contributed by atoms with Crippen LogP contribution < -0.4 is 4.74 Å². The molecule has 0 spiro atoms. The molecule has 2 heterocycles. The van der Waals surface area contributed by atoms with Gasteiger partial charge in [-0.2, -0.15) is 0 Å². The lowest BCUT2D eigenvalue weighted by Gasteiger charge is -2.07. The Labute approximate surface area is 168 Å². The summed E-state index contributed by atoms with van der Waals surface area (Å²) in [6.07, 6.45) is 2.25. The zero-order valence-electron chi connectivity index (χ0n) is 15.4. The number of benzene rings is 2. The minimum Gasteiger partial charge on any atom is -0.494 e. The fourth-order valence-corrected chi connectivity index (χ4v) is 4.80. The summed E-state index contributed by atoms with van der Waals surface area (Å²) in [5.41, 5.74) is 3.72. The van der Waals surface area contributed by atoms with E-state index in [0.717, 1.165) is 25.2 Å². The molecule has 2 aromatic carbocycles. The standard InChI is InChI=1S/C24H22OS2/c1-2-3-16-25-21-12-10-19(11-13-21)18-6-8-20(9-7-18)22-14-15-24(27-22)23-5-4-17-26-23/h4-15,17H,2-3,16H2,1H3. The van der Waals surface area contributed by atoms with Gasteiger partial charge in [-0.15, -0.1) is 22.7 Å². The van der Waals surface area contributed by atoms with Crippen molar-refractivity contribution in [2.75, 3.05) is 6.61 Å². The Bertz CT molecular complexity index is 964. The Morgan fingerprint density at radius 2 is 1.37 bits per heavy atom. The van der Waals surface area contributed by atoms with Gasteiger partial charge in [0.05, 0.1) is 6.61 Å². The number of thiophene rings is 2. The molecule has 0 unspecified atom stereocenters. The molecule has 0 amide bonds. The van der Waals surface area contributed by atoms with E-state index in [1.807, 2.05) is 11.3 Å². The SMILES string of the molecule is CCCCOc1ccc(-c2ccc(-c3ccc(-c4cccs4)s3)cc2)cc1. The van der Waals surface area contributed by atoms with Crippen molar-refractivity contribution in [2.24, 2.45) is 0 Å². The van der Waals surface area contributed by atoms with Crippen molar-refractivity contribution in [1.29, 1.82) is 0 Å². The normalized spacial score (nSPS) is 10.9. The summed E-state index contributed by atoms with van der Waals surface area (Å²) in [4.78, 5) is 3.98. The number of unbranched alkanes of at least 4 members (excludes halogenated alkanes) is 1. The summed E-state index contributed by atoms with van der Waals surface area (Å²) in [7, 11) is 0. The molecule has 0 saturated carbocycles. The van der Waals surface area contributed by atoms with Crippen LogP contribution in [0.1, 0.15) is 19.8 Å². The van der Waals surface area contributed by atoms with Gasteiger partial charge in [-0.1, -0.05) is 55.8 Å². The van der Waals surface area contributed by atoms with Crippen molar-refractivity contribution in [3.63, 3.8) is 0 Å². The maximum Gasteiger partial charge on any atom is 0.119 e. The van der Waals surface area contributed by atoms with Gasteiger partial charge >= 0.3 is 0 Å². The summed E-state index contributed by atoms with van der Waals surface area (Å²) < 4.78 is 5.75. The molecule has 1 nitrogen and oxygen atoms in total. The van der Waals surface area contributed by atoms with Crippen molar-refractivity contribution >= 4 is 22.7 Å². The first kappa shape index (κ1) is 18.0. The maximum atomic E-state index is 5.75. The van der Waals surface area contributed by atoms with Gasteiger partial charge in [-0.25, -0.2) is 0 Å². The molecular formula is C24H22OS2. The number of hydrogen-bond acceptors (Lipinski definition) is 3. The van der Waals surface area contributed by atoms with Gasteiger partial charge in [0, 0.05) is 14.6 Å². The second-order valence-electron chi connectivity index (χ2n) is 6.44. The fraction of sp³-hybridized carbons (Fsp3) is 0.167. The van der Waals surface area contributed by atoms with Crippen molar-refractivity contribution < 1.29 is 4.74 Å². The van der Waals surface area contributed by atoms with E-state index in [-0.39, 0.29) is 0 Å². The lowest BCUT2D eigenvalue weighted by Crippen LogP contribution is -1.95. The van der Waals surface area contributed by atoms with E-state index >= 15 is 0 Å². The molecule has 27 heavy (non-hydrogen) atoms. The Hall–Kier alpha value is -2.36. The number of ether oxygens (including phenoxy) is 1. The highest BCUT2D eigenvalue weighted by molar-refractivity contribution is 7.23. The van der Waals surface area contributed by atoms with Crippen LogP contribution >= 0.6 is 22.7 Å². The summed E-state index contributed by atoms with van der Waals surface area (Å²) in [6.45, 7) is 2.97. The summed E-state index contributed by atoms with van der Waals surface area (Å²) in [6, 6.07) is 25.9. The molecule has 0 saturated heterocycles. The molecule has 0 aliphatic rings. The van der Waals surface area contributed by atoms with Crippen LogP contribution in [-0.2, 0) is 0 Å². The van der Waals surface area contributed by atoms with Crippen molar-refractivity contribution in [1.82, 2.24) is 0 Å². The first-order chi connectivity index (χ1) is 13.3. The smallest absolute Gasteiger partial charge is 0.119 e. The summed E-state index contributed by atoms with van der Waals surface area (Å²) in [5, 5.41) is 2.13. The van der Waals surface area contributed by atoms with Crippen LogP contribution in [0.5, 0.6) is 5.75 Å². The molecule has 0 N–H and O–H groups in total. The van der Waals surface area contributed by atoms with E-state index in [4.69, 9.17) is 4.74 Å². The Morgan fingerprint density at radius 1 is 0.704 bits per heavy atom. The third kappa shape index (κ3) is 4.32. The van der Waals surface area contributed by atoms with Gasteiger partial charge in [0.2, 0.25) is 0 Å². The van der Waals surface area contributed by atoms with Gasteiger partial charge in [-0.05, 0) is 58.8 Å². The van der Waals surface area contributed by atoms with Crippen molar-refractivity contribution in [3.8, 4) is 37.1 Å². The highest BCUT2D eigenvalue weighted by Crippen LogP contribution is 2.37. The van der Waals surface area contributed by atoms with Crippen LogP contribution in [0.4, 0.5) is 0 Å². The number of rotatable bonds is 7. The average molecular weight is 391 g/mol. The molecule has 0 aliphatic heterocycles. The van der Waals surface area contributed by atoms with Crippen LogP contribution in [0.3, 0.4) is 0 Å². The first-order valence-corrected chi connectivity index (χ1v) is 11.0. The molecular weight excluding hydrogens is 368 g/mol. The highest BCUT2D eigenvalue weighted by atomic mass is 32.1. The van der Waals surface area contributed by atoms with Crippen LogP contribution in [0.25, 0.3) is 31.3 Å². The zero-order valence-corrected chi connectivity index (χ0v) is 17.0. The third-order valence-electron chi connectivity index (χ3n) is 4.49. The Morgan fingerprint density at radius 3 is 2.04 bits per heavy atom. The van der Waals surface area contributed by atoms with E-state index in [1.54, 1.807) is 11.3 Å². The molecule has 2 aromatic heterocycles. The van der Waals surface area contributed by atoms with Crippen LogP contribution in [-0.4, -0.2) is 6.61 Å². The van der Waals surface area contributed by atoms with Crippen LogP contribution in [0, 0.1) is 0 Å². The van der Waals surface area contributed by atoms with E-state index in [1.165, 1.54) is 31.3 Å². The van der Waals surface area contributed by atoms with Gasteiger partial charge in [-0.3, -0.25) is 0 Å². The second kappa shape index (κ2) is 8.55. The zero-order chi connectivity index (χ0) is 18.5. The molecule has 4 rings (SSSR count). The monoisotopic (exact) mass is 390 g/mol. The molecule has 0 radical (unpaired) electrons. The lowest BCUT2D eigenvalue weighted by molar-refractivity contribution is 0.309. The predicted octanol–water partition coefficient (Wildman–Crippen LogP) is 7.99. The maximum absolute atomic E-state index is 5.75. The third-order valence-corrected chi connectivity index (χ3v) is 6.69. The van der Waals surface area contributed by atoms with Crippen LogP contribution in [0.2, 0.25) is 0 Å². The van der Waals surface area contributed by atoms with E-state index in [9.17, 15) is 0 Å². The Kier molecular flexibility index (Phi) is 5.71. The van der Waals surface area contributed by atoms with E-state index in [2.05, 4.69) is 85.1 Å². The molecule has 0 bridgehead atoms. The highest BCUT2D eigenvalue weighted by Gasteiger charge is 2.06. The first-order valence-electron chi connectivity index (χ1n) is 9.31. The van der Waals surface area contributed by atoms with E-state index in [0.29, 0.717) is 0 Å². The molecule has 0 aliphatic carbocycles. The van der Waals surface area contributed by atoms with Crippen molar-refractivity contribution in [3.05, 3.63) is 78.2 Å². The summed E-state index contributed by atoms with van der Waals surface area (Å²) >= 11 is 3.64. The largest absolute Gasteiger partial charge is 0.494 e. The minimum atomic E-state index is 0.790. The van der Waals surface area contributed by atoms with Gasteiger partial charge < -0.3 is 4.74 Å². The van der Waals surface area contributed by atoms with Gasteiger partial charge in [0.1, 0.15) is 5.75 Å². The molecule has 0 fully saturated rings. The second-order valence-corrected chi connectivity index (χ2v) is 8.48. The summed E-state index contributed by atoms with van der Waals surface area (Å²) in [5.74, 6) is 0.948. The van der Waals surface area contributed by atoms with E-state index < -0.39 is 0 Å². The molecule has 0 atom stereocenters. The van der Waals surface area contributed by atoms with Crippen molar-refractivity contribution in [2.45, 2.75) is 19.8 Å². The quantitative estimate of drug-likeness (QED) is 0.291. The molecule has 136 valence electrons. The minimum absolute atomic E-state index is 0.790.